The van der Waals surface area contributed by atoms with Crippen molar-refractivity contribution in [2.24, 2.45) is 0 Å². The number of halogens is 3. The van der Waals surface area contributed by atoms with E-state index in [0.29, 0.717) is 5.52 Å². The molecule has 0 radical (unpaired) electrons. The number of hydrogen-bond acceptors (Lipinski definition) is 3. The van der Waals surface area contributed by atoms with Gasteiger partial charge in [0, 0.05) is 12.5 Å². The van der Waals surface area contributed by atoms with Gasteiger partial charge in [-0.3, -0.25) is 0 Å². The van der Waals surface area contributed by atoms with Crippen molar-refractivity contribution in [2.75, 3.05) is 13.1 Å². The van der Waals surface area contributed by atoms with Gasteiger partial charge in [0.25, 0.3) is 0 Å². The second-order valence-electron chi connectivity index (χ2n) is 4.44. The molecular formula is C13H15F3N2S. The second-order valence-corrected chi connectivity index (χ2v) is 5.50. The van der Waals surface area contributed by atoms with E-state index in [-0.39, 0.29) is 5.92 Å². The average Bonchev–Trinajstić information content (AvgIpc) is 2.77. The van der Waals surface area contributed by atoms with Gasteiger partial charge in [-0.1, -0.05) is 13.8 Å². The number of fused-ring (bicyclic) bond motifs is 1. The van der Waals surface area contributed by atoms with Crippen molar-refractivity contribution in [3.05, 3.63) is 28.8 Å². The van der Waals surface area contributed by atoms with Crippen LogP contribution >= 0.6 is 11.3 Å². The summed E-state index contributed by atoms with van der Waals surface area (Å²) in [6.45, 7) is 5.68. The van der Waals surface area contributed by atoms with E-state index in [9.17, 15) is 13.2 Å². The summed E-state index contributed by atoms with van der Waals surface area (Å²) >= 11 is 1.46. The van der Waals surface area contributed by atoms with Crippen LogP contribution in [0.5, 0.6) is 0 Å². The summed E-state index contributed by atoms with van der Waals surface area (Å²) in [5.74, 6) is 0.201. The van der Waals surface area contributed by atoms with Crippen molar-refractivity contribution in [1.29, 1.82) is 0 Å². The Morgan fingerprint density at radius 1 is 1.37 bits per heavy atom. The molecule has 0 bridgehead atoms. The minimum Gasteiger partial charge on any atom is -0.316 e. The summed E-state index contributed by atoms with van der Waals surface area (Å²) in [5.41, 5.74) is -0.214. The van der Waals surface area contributed by atoms with E-state index in [0.717, 1.165) is 34.9 Å². The van der Waals surface area contributed by atoms with Gasteiger partial charge in [-0.2, -0.15) is 13.2 Å². The van der Waals surface area contributed by atoms with Gasteiger partial charge in [-0.05, 0) is 24.7 Å². The molecular weight excluding hydrogens is 273 g/mol. The third-order valence-corrected chi connectivity index (χ3v) is 4.12. The Morgan fingerprint density at radius 2 is 2.11 bits per heavy atom. The van der Waals surface area contributed by atoms with Gasteiger partial charge in [0.2, 0.25) is 0 Å². The van der Waals surface area contributed by atoms with Crippen LogP contribution in [0, 0.1) is 0 Å². The quantitative estimate of drug-likeness (QED) is 0.919. The van der Waals surface area contributed by atoms with Crippen molar-refractivity contribution in [3.8, 4) is 0 Å². The minimum atomic E-state index is -4.31. The minimum absolute atomic E-state index is 0.201. The summed E-state index contributed by atoms with van der Waals surface area (Å²) < 4.78 is 38.6. The molecule has 6 heteroatoms. The maximum absolute atomic E-state index is 12.6. The third-order valence-electron chi connectivity index (χ3n) is 2.85. The fourth-order valence-corrected chi connectivity index (χ4v) is 2.78. The third kappa shape index (κ3) is 3.25. The molecule has 2 rings (SSSR count). The van der Waals surface area contributed by atoms with E-state index >= 15 is 0 Å². The Morgan fingerprint density at radius 3 is 2.74 bits per heavy atom. The Labute approximate surface area is 113 Å². The summed E-state index contributed by atoms with van der Waals surface area (Å²) in [7, 11) is 0. The lowest BCUT2D eigenvalue weighted by atomic mass is 10.2. The maximum Gasteiger partial charge on any atom is 0.416 e. The van der Waals surface area contributed by atoms with Crippen LogP contribution in [0.2, 0.25) is 0 Å². The van der Waals surface area contributed by atoms with Crippen LogP contribution in [0.4, 0.5) is 13.2 Å². The maximum atomic E-state index is 12.6. The van der Waals surface area contributed by atoms with Gasteiger partial charge >= 0.3 is 6.18 Å². The predicted octanol–water partition coefficient (Wildman–Crippen LogP) is 4.03. The number of benzene rings is 1. The average molecular weight is 288 g/mol. The molecule has 0 aliphatic heterocycles. The predicted molar refractivity (Wildman–Crippen MR) is 71.6 cm³/mol. The van der Waals surface area contributed by atoms with Crippen LogP contribution in [0.3, 0.4) is 0 Å². The van der Waals surface area contributed by atoms with E-state index in [1.54, 1.807) is 0 Å². The Balaban J connectivity index is 2.30. The van der Waals surface area contributed by atoms with E-state index in [1.807, 2.05) is 13.8 Å². The number of thiazole rings is 1. The number of likely N-dealkylation sites (N-methyl/N-ethyl adjacent to an activating group) is 1. The van der Waals surface area contributed by atoms with Gasteiger partial charge in [0.1, 0.15) is 0 Å². The largest absolute Gasteiger partial charge is 0.416 e. The highest BCUT2D eigenvalue weighted by atomic mass is 32.1. The SMILES string of the molecule is CCNCC(C)c1nc2cc(C(F)(F)F)ccc2s1. The summed E-state index contributed by atoms with van der Waals surface area (Å²) in [6, 6.07) is 3.73. The zero-order valence-electron chi connectivity index (χ0n) is 10.7. The standard InChI is InChI=1S/C13H15F3N2S/c1-3-17-7-8(2)12-18-10-6-9(13(14,15)16)4-5-11(10)19-12/h4-6,8,17H,3,7H2,1-2H3. The molecule has 19 heavy (non-hydrogen) atoms. The number of hydrogen-bond donors (Lipinski definition) is 1. The number of rotatable bonds is 4. The fourth-order valence-electron chi connectivity index (χ4n) is 1.78. The molecule has 0 amide bonds. The first kappa shape index (κ1) is 14.3. The lowest BCUT2D eigenvalue weighted by molar-refractivity contribution is -0.137. The highest BCUT2D eigenvalue weighted by molar-refractivity contribution is 7.18. The highest BCUT2D eigenvalue weighted by Crippen LogP contribution is 2.34. The molecule has 0 saturated carbocycles. The van der Waals surface area contributed by atoms with Gasteiger partial charge in [0.15, 0.2) is 0 Å². The molecule has 1 aromatic heterocycles. The fraction of sp³-hybridized carbons (Fsp3) is 0.462. The first-order valence-corrected chi connectivity index (χ1v) is 6.92. The zero-order chi connectivity index (χ0) is 14.0. The van der Waals surface area contributed by atoms with Crippen LogP contribution in [0.15, 0.2) is 18.2 Å². The molecule has 0 spiro atoms. The van der Waals surface area contributed by atoms with Crippen LogP contribution in [0.25, 0.3) is 10.2 Å². The molecule has 1 atom stereocenters. The molecule has 104 valence electrons. The molecule has 0 aliphatic carbocycles. The molecule has 2 nitrogen and oxygen atoms in total. The topological polar surface area (TPSA) is 24.9 Å². The van der Waals surface area contributed by atoms with Crippen molar-refractivity contribution < 1.29 is 13.2 Å². The summed E-state index contributed by atoms with van der Waals surface area (Å²) in [4.78, 5) is 4.32. The van der Waals surface area contributed by atoms with Crippen molar-refractivity contribution in [1.82, 2.24) is 10.3 Å². The molecule has 1 unspecified atom stereocenters. The Hall–Kier alpha value is -1.14. The molecule has 0 saturated heterocycles. The molecule has 1 N–H and O–H groups in total. The lowest BCUT2D eigenvalue weighted by Crippen LogP contribution is -2.19. The van der Waals surface area contributed by atoms with Crippen LogP contribution in [0.1, 0.15) is 30.3 Å². The molecule has 0 aliphatic rings. The van der Waals surface area contributed by atoms with Gasteiger partial charge in [-0.25, -0.2) is 4.98 Å². The Bertz CT molecular complexity index is 563. The highest BCUT2D eigenvalue weighted by Gasteiger charge is 2.30. The first-order valence-electron chi connectivity index (χ1n) is 6.10. The molecule has 2 aromatic rings. The van der Waals surface area contributed by atoms with Crippen LogP contribution < -0.4 is 5.32 Å². The van der Waals surface area contributed by atoms with E-state index in [1.165, 1.54) is 17.4 Å². The normalized spacial score (nSPS) is 13.9. The lowest BCUT2D eigenvalue weighted by Gasteiger charge is -2.07. The van der Waals surface area contributed by atoms with Crippen LogP contribution in [-0.2, 0) is 6.18 Å². The second kappa shape index (κ2) is 5.46. The summed E-state index contributed by atoms with van der Waals surface area (Å²) in [5, 5.41) is 4.08. The first-order chi connectivity index (χ1) is 8.91. The zero-order valence-corrected chi connectivity index (χ0v) is 11.5. The monoisotopic (exact) mass is 288 g/mol. The van der Waals surface area contributed by atoms with E-state index in [4.69, 9.17) is 0 Å². The van der Waals surface area contributed by atoms with Crippen molar-refractivity contribution in [2.45, 2.75) is 25.9 Å². The van der Waals surface area contributed by atoms with Crippen molar-refractivity contribution >= 4 is 21.6 Å². The molecule has 0 fully saturated rings. The van der Waals surface area contributed by atoms with Gasteiger partial charge in [-0.15, -0.1) is 11.3 Å². The number of aromatic nitrogens is 1. The van der Waals surface area contributed by atoms with Gasteiger partial charge < -0.3 is 5.32 Å². The van der Waals surface area contributed by atoms with E-state index in [2.05, 4.69) is 10.3 Å². The number of nitrogens with zero attached hydrogens (tertiary/aromatic N) is 1. The van der Waals surface area contributed by atoms with Crippen molar-refractivity contribution in [3.63, 3.8) is 0 Å². The molecule has 1 aromatic carbocycles. The van der Waals surface area contributed by atoms with E-state index < -0.39 is 11.7 Å². The molecule has 1 heterocycles. The summed E-state index contributed by atoms with van der Waals surface area (Å²) in [6.07, 6.45) is -4.31. The van der Waals surface area contributed by atoms with Gasteiger partial charge in [0.05, 0.1) is 20.8 Å². The number of nitrogens with one attached hydrogen (secondary N) is 1. The smallest absolute Gasteiger partial charge is 0.316 e. The number of alkyl halides is 3. The Kier molecular flexibility index (Phi) is 4.10. The van der Waals surface area contributed by atoms with Crippen LogP contribution in [-0.4, -0.2) is 18.1 Å².